The highest BCUT2D eigenvalue weighted by molar-refractivity contribution is 4.74. The molecule has 0 amide bonds. The highest BCUT2D eigenvalue weighted by Gasteiger charge is 2.24. The molecule has 1 rings (SSSR count). The van der Waals surface area contributed by atoms with Crippen LogP contribution in [-0.2, 0) is 9.47 Å². The van der Waals surface area contributed by atoms with Crippen LogP contribution >= 0.6 is 0 Å². The Kier molecular flexibility index (Phi) is 7.77. The van der Waals surface area contributed by atoms with Gasteiger partial charge in [-0.3, -0.25) is 0 Å². The maximum absolute atomic E-state index is 5.89. The lowest BCUT2D eigenvalue weighted by Gasteiger charge is -2.15. The van der Waals surface area contributed by atoms with E-state index in [0.717, 1.165) is 45.7 Å². The van der Waals surface area contributed by atoms with Crippen LogP contribution in [0.2, 0.25) is 0 Å². The van der Waals surface area contributed by atoms with Crippen molar-refractivity contribution in [1.29, 1.82) is 0 Å². The third-order valence-electron chi connectivity index (χ3n) is 3.02. The number of nitrogens with zero attached hydrogens (tertiary/aromatic N) is 1. The van der Waals surface area contributed by atoms with Gasteiger partial charge in [-0.2, -0.15) is 0 Å². The fraction of sp³-hybridized carbons (Fsp3) is 1.00. The van der Waals surface area contributed by atoms with Gasteiger partial charge < -0.3 is 19.7 Å². The van der Waals surface area contributed by atoms with Crippen LogP contribution in [0.1, 0.15) is 26.2 Å². The standard InChI is InChI=1S/C13H28N2O2/c1-4-14-10-12-6-7-13(17-12)11-16-9-5-8-15(2)3/h12-14H,4-11H2,1-3H3. The second-order valence-corrected chi connectivity index (χ2v) is 5.00. The van der Waals surface area contributed by atoms with Crippen molar-refractivity contribution in [3.05, 3.63) is 0 Å². The molecule has 0 radical (unpaired) electrons. The first-order valence-electron chi connectivity index (χ1n) is 6.81. The molecule has 1 fully saturated rings. The molecule has 1 aliphatic heterocycles. The first-order valence-corrected chi connectivity index (χ1v) is 6.81. The van der Waals surface area contributed by atoms with Crippen LogP contribution in [0, 0.1) is 0 Å². The van der Waals surface area contributed by atoms with Gasteiger partial charge in [-0.05, 0) is 46.4 Å². The molecular formula is C13H28N2O2. The third kappa shape index (κ3) is 6.99. The average molecular weight is 244 g/mol. The normalized spacial score (nSPS) is 24.7. The maximum Gasteiger partial charge on any atom is 0.0813 e. The van der Waals surface area contributed by atoms with Crippen molar-refractivity contribution in [1.82, 2.24) is 10.2 Å². The summed E-state index contributed by atoms with van der Waals surface area (Å²) in [6.45, 7) is 6.82. The summed E-state index contributed by atoms with van der Waals surface area (Å²) in [5.41, 5.74) is 0. The van der Waals surface area contributed by atoms with Crippen LogP contribution in [0.15, 0.2) is 0 Å². The van der Waals surface area contributed by atoms with Gasteiger partial charge in [0.05, 0.1) is 18.8 Å². The summed E-state index contributed by atoms with van der Waals surface area (Å²) < 4.78 is 11.5. The molecule has 0 bridgehead atoms. The van der Waals surface area contributed by atoms with E-state index < -0.39 is 0 Å². The fourth-order valence-electron chi connectivity index (χ4n) is 2.06. The summed E-state index contributed by atoms with van der Waals surface area (Å²) in [6, 6.07) is 0. The van der Waals surface area contributed by atoms with Gasteiger partial charge in [-0.25, -0.2) is 0 Å². The predicted octanol–water partition coefficient (Wildman–Crippen LogP) is 1.11. The van der Waals surface area contributed by atoms with Crippen LogP contribution in [0.5, 0.6) is 0 Å². The van der Waals surface area contributed by atoms with Crippen molar-refractivity contribution in [2.45, 2.75) is 38.4 Å². The Bertz CT molecular complexity index is 188. The Hall–Kier alpha value is -0.160. The van der Waals surface area contributed by atoms with E-state index in [1.165, 1.54) is 6.42 Å². The number of nitrogens with one attached hydrogen (secondary N) is 1. The lowest BCUT2D eigenvalue weighted by atomic mass is 10.2. The van der Waals surface area contributed by atoms with Crippen molar-refractivity contribution in [2.75, 3.05) is 46.9 Å². The maximum atomic E-state index is 5.89. The summed E-state index contributed by atoms with van der Waals surface area (Å²) in [4.78, 5) is 2.18. The van der Waals surface area contributed by atoms with Gasteiger partial charge in [0.2, 0.25) is 0 Å². The Balaban J connectivity index is 1.94. The first-order chi connectivity index (χ1) is 8.22. The number of likely N-dealkylation sites (N-methyl/N-ethyl adjacent to an activating group) is 1. The molecule has 1 N–H and O–H groups in total. The molecule has 0 spiro atoms. The molecule has 17 heavy (non-hydrogen) atoms. The summed E-state index contributed by atoms with van der Waals surface area (Å²) in [5.74, 6) is 0. The van der Waals surface area contributed by atoms with Gasteiger partial charge in [0.25, 0.3) is 0 Å². The predicted molar refractivity (Wildman–Crippen MR) is 70.4 cm³/mol. The van der Waals surface area contributed by atoms with Crippen molar-refractivity contribution in [2.24, 2.45) is 0 Å². The molecule has 1 saturated heterocycles. The van der Waals surface area contributed by atoms with Crippen LogP contribution < -0.4 is 5.32 Å². The monoisotopic (exact) mass is 244 g/mol. The molecule has 0 aromatic rings. The van der Waals surface area contributed by atoms with E-state index in [2.05, 4.69) is 31.2 Å². The van der Waals surface area contributed by atoms with E-state index >= 15 is 0 Å². The molecule has 0 aromatic carbocycles. The Morgan fingerprint density at radius 3 is 2.76 bits per heavy atom. The van der Waals surface area contributed by atoms with Crippen LogP contribution in [0.3, 0.4) is 0 Å². The minimum atomic E-state index is 0.318. The van der Waals surface area contributed by atoms with Crippen molar-refractivity contribution in [3.8, 4) is 0 Å². The highest BCUT2D eigenvalue weighted by atomic mass is 16.5. The summed E-state index contributed by atoms with van der Waals surface area (Å²) in [7, 11) is 4.18. The SMILES string of the molecule is CCNCC1CCC(COCCCN(C)C)O1. The molecule has 0 aromatic heterocycles. The Labute approximate surface area is 106 Å². The second-order valence-electron chi connectivity index (χ2n) is 5.00. The van der Waals surface area contributed by atoms with Crippen molar-refractivity contribution < 1.29 is 9.47 Å². The molecule has 0 saturated carbocycles. The summed E-state index contributed by atoms with van der Waals surface area (Å²) >= 11 is 0. The molecule has 2 unspecified atom stereocenters. The molecule has 102 valence electrons. The molecular weight excluding hydrogens is 216 g/mol. The van der Waals surface area contributed by atoms with Gasteiger partial charge in [0.1, 0.15) is 0 Å². The zero-order chi connectivity index (χ0) is 12.5. The Morgan fingerprint density at radius 1 is 1.29 bits per heavy atom. The largest absolute Gasteiger partial charge is 0.379 e. The van der Waals surface area contributed by atoms with E-state index in [1.807, 2.05) is 0 Å². The van der Waals surface area contributed by atoms with Gasteiger partial charge >= 0.3 is 0 Å². The van der Waals surface area contributed by atoms with E-state index in [-0.39, 0.29) is 0 Å². The minimum Gasteiger partial charge on any atom is -0.379 e. The quantitative estimate of drug-likeness (QED) is 0.616. The van der Waals surface area contributed by atoms with Gasteiger partial charge in [0.15, 0.2) is 0 Å². The molecule has 2 atom stereocenters. The third-order valence-corrected chi connectivity index (χ3v) is 3.02. The smallest absolute Gasteiger partial charge is 0.0813 e. The zero-order valence-electron chi connectivity index (χ0n) is 11.6. The Morgan fingerprint density at radius 2 is 2.06 bits per heavy atom. The van der Waals surface area contributed by atoms with Gasteiger partial charge in [-0.1, -0.05) is 6.92 Å². The molecule has 4 nitrogen and oxygen atoms in total. The van der Waals surface area contributed by atoms with E-state index in [4.69, 9.17) is 9.47 Å². The van der Waals surface area contributed by atoms with Crippen molar-refractivity contribution in [3.63, 3.8) is 0 Å². The van der Waals surface area contributed by atoms with Crippen LogP contribution in [0.25, 0.3) is 0 Å². The lowest BCUT2D eigenvalue weighted by molar-refractivity contribution is -0.0151. The lowest BCUT2D eigenvalue weighted by Crippen LogP contribution is -2.27. The molecule has 4 heteroatoms. The van der Waals surface area contributed by atoms with E-state index in [0.29, 0.717) is 12.2 Å². The van der Waals surface area contributed by atoms with E-state index in [9.17, 15) is 0 Å². The molecule has 0 aliphatic carbocycles. The van der Waals surface area contributed by atoms with Crippen molar-refractivity contribution >= 4 is 0 Å². The number of hydrogen-bond acceptors (Lipinski definition) is 4. The zero-order valence-corrected chi connectivity index (χ0v) is 11.6. The van der Waals surface area contributed by atoms with Gasteiger partial charge in [0, 0.05) is 13.2 Å². The highest BCUT2D eigenvalue weighted by Crippen LogP contribution is 2.19. The summed E-state index contributed by atoms with van der Waals surface area (Å²) in [5, 5.41) is 3.33. The minimum absolute atomic E-state index is 0.318. The second kappa shape index (κ2) is 8.86. The number of ether oxygens (including phenoxy) is 2. The number of rotatable bonds is 9. The first kappa shape index (κ1) is 14.9. The molecule has 1 heterocycles. The van der Waals surface area contributed by atoms with Crippen LogP contribution in [-0.4, -0.2) is 64.1 Å². The van der Waals surface area contributed by atoms with Gasteiger partial charge in [-0.15, -0.1) is 0 Å². The summed E-state index contributed by atoms with van der Waals surface area (Å²) in [6.07, 6.45) is 4.12. The van der Waals surface area contributed by atoms with Crippen LogP contribution in [0.4, 0.5) is 0 Å². The topological polar surface area (TPSA) is 33.7 Å². The average Bonchev–Trinajstić information content (AvgIpc) is 2.73. The number of hydrogen-bond donors (Lipinski definition) is 1. The fourth-order valence-corrected chi connectivity index (χ4v) is 2.06. The van der Waals surface area contributed by atoms with E-state index in [1.54, 1.807) is 0 Å². The molecule has 1 aliphatic rings.